The van der Waals surface area contributed by atoms with Crippen molar-refractivity contribution in [2.45, 2.75) is 39.9 Å². The van der Waals surface area contributed by atoms with Crippen molar-refractivity contribution in [3.8, 4) is 0 Å². The van der Waals surface area contributed by atoms with Crippen LogP contribution in [0.1, 0.15) is 42.1 Å². The number of hydrogen-bond acceptors (Lipinski definition) is 2. The molecule has 0 radical (unpaired) electrons. The molecule has 0 bridgehead atoms. The summed E-state index contributed by atoms with van der Waals surface area (Å²) in [5.74, 6) is 0.522. The molecule has 0 aliphatic rings. The van der Waals surface area contributed by atoms with Gasteiger partial charge in [0.25, 0.3) is 0 Å². The van der Waals surface area contributed by atoms with E-state index in [1.54, 1.807) is 25.3 Å². The Labute approximate surface area is 171 Å². The molecule has 2 N–H and O–H groups in total. The van der Waals surface area contributed by atoms with Gasteiger partial charge in [0.1, 0.15) is 5.82 Å². The minimum atomic E-state index is -0.187. The van der Waals surface area contributed by atoms with E-state index < -0.39 is 0 Å². The highest BCUT2D eigenvalue weighted by Crippen LogP contribution is 2.16. The molecule has 1 unspecified atom stereocenters. The molecule has 0 spiro atoms. The van der Waals surface area contributed by atoms with Crippen molar-refractivity contribution < 1.29 is 4.39 Å². The van der Waals surface area contributed by atoms with Crippen molar-refractivity contribution in [3.05, 3.63) is 89.3 Å². The number of nitrogens with zero attached hydrogens (tertiary/aromatic N) is 3. The largest absolute Gasteiger partial charge is 0.357 e. The van der Waals surface area contributed by atoms with Crippen molar-refractivity contribution in [2.24, 2.45) is 4.99 Å². The maximum atomic E-state index is 13.9. The molecule has 2 aromatic carbocycles. The van der Waals surface area contributed by atoms with Gasteiger partial charge in [0.05, 0.1) is 18.9 Å². The number of nitrogens with one attached hydrogen (secondary N) is 2. The third-order valence-electron chi connectivity index (χ3n) is 4.73. The summed E-state index contributed by atoms with van der Waals surface area (Å²) in [7, 11) is 0. The Balaban J connectivity index is 1.67. The molecule has 1 aromatic heterocycles. The molecular weight excluding hydrogens is 365 g/mol. The summed E-state index contributed by atoms with van der Waals surface area (Å²) in [4.78, 5) is 8.79. The molecular formula is C23H28FN5. The highest BCUT2D eigenvalue weighted by molar-refractivity contribution is 5.80. The lowest BCUT2D eigenvalue weighted by atomic mass is 10.1. The number of aryl methyl sites for hydroxylation is 1. The number of halogens is 1. The lowest BCUT2D eigenvalue weighted by molar-refractivity contribution is 0.607. The second-order valence-corrected chi connectivity index (χ2v) is 7.12. The SMILES string of the molecule is CCNC(=NCc1cccc(Cn2ccnc2)c1)NC(C)c1ccc(C)c(F)c1. The van der Waals surface area contributed by atoms with E-state index in [-0.39, 0.29) is 11.9 Å². The maximum absolute atomic E-state index is 13.9. The number of hydrogen-bond donors (Lipinski definition) is 2. The Morgan fingerprint density at radius 2 is 2.03 bits per heavy atom. The first kappa shape index (κ1) is 20.6. The molecule has 1 heterocycles. The molecule has 0 saturated carbocycles. The minimum absolute atomic E-state index is 0.0597. The van der Waals surface area contributed by atoms with Crippen molar-refractivity contribution >= 4 is 5.96 Å². The van der Waals surface area contributed by atoms with Crippen LogP contribution in [-0.4, -0.2) is 22.1 Å². The summed E-state index contributed by atoms with van der Waals surface area (Å²) < 4.78 is 15.9. The topological polar surface area (TPSA) is 54.2 Å². The summed E-state index contributed by atoms with van der Waals surface area (Å²) in [5.41, 5.74) is 3.88. The van der Waals surface area contributed by atoms with Crippen LogP contribution in [0.25, 0.3) is 0 Å². The average molecular weight is 394 g/mol. The summed E-state index contributed by atoms with van der Waals surface area (Å²) >= 11 is 0. The van der Waals surface area contributed by atoms with Crippen LogP contribution in [0.15, 0.2) is 66.2 Å². The number of aromatic nitrogens is 2. The molecule has 6 heteroatoms. The molecule has 152 valence electrons. The predicted molar refractivity (Wildman–Crippen MR) is 115 cm³/mol. The van der Waals surface area contributed by atoms with Gasteiger partial charge in [-0.05, 0) is 49.1 Å². The minimum Gasteiger partial charge on any atom is -0.357 e. The third kappa shape index (κ3) is 5.91. The van der Waals surface area contributed by atoms with Gasteiger partial charge in [-0.3, -0.25) is 0 Å². The zero-order chi connectivity index (χ0) is 20.6. The van der Waals surface area contributed by atoms with Crippen LogP contribution >= 0.6 is 0 Å². The third-order valence-corrected chi connectivity index (χ3v) is 4.73. The molecule has 0 aliphatic carbocycles. The van der Waals surface area contributed by atoms with E-state index >= 15 is 0 Å². The van der Waals surface area contributed by atoms with Gasteiger partial charge in [0, 0.05) is 25.5 Å². The van der Waals surface area contributed by atoms with Gasteiger partial charge in [-0.25, -0.2) is 14.4 Å². The Hall–Kier alpha value is -3.15. The van der Waals surface area contributed by atoms with Crippen LogP contribution in [0.3, 0.4) is 0 Å². The molecule has 1 atom stereocenters. The molecule has 29 heavy (non-hydrogen) atoms. The summed E-state index contributed by atoms with van der Waals surface area (Å²) in [5, 5.41) is 6.63. The van der Waals surface area contributed by atoms with E-state index in [4.69, 9.17) is 4.99 Å². The van der Waals surface area contributed by atoms with Gasteiger partial charge in [-0.2, -0.15) is 0 Å². The van der Waals surface area contributed by atoms with E-state index in [0.29, 0.717) is 18.1 Å². The molecule has 3 aromatic rings. The second-order valence-electron chi connectivity index (χ2n) is 7.12. The fourth-order valence-corrected chi connectivity index (χ4v) is 3.07. The number of rotatable bonds is 7. The second kappa shape index (κ2) is 9.87. The van der Waals surface area contributed by atoms with E-state index in [1.807, 2.05) is 37.0 Å². The van der Waals surface area contributed by atoms with Crippen LogP contribution in [0.4, 0.5) is 4.39 Å². The van der Waals surface area contributed by atoms with Gasteiger partial charge in [-0.1, -0.05) is 36.4 Å². The van der Waals surface area contributed by atoms with Crippen LogP contribution in [0.5, 0.6) is 0 Å². The Morgan fingerprint density at radius 1 is 1.21 bits per heavy atom. The summed E-state index contributed by atoms with van der Waals surface area (Å²) in [6.45, 7) is 7.89. The fourth-order valence-electron chi connectivity index (χ4n) is 3.07. The highest BCUT2D eigenvalue weighted by atomic mass is 19.1. The number of aliphatic imine (C=N–C) groups is 1. The number of guanidine groups is 1. The Bertz CT molecular complexity index is 950. The smallest absolute Gasteiger partial charge is 0.192 e. The van der Waals surface area contributed by atoms with Crippen LogP contribution in [0.2, 0.25) is 0 Å². The molecule has 0 aliphatic heterocycles. The Morgan fingerprint density at radius 3 is 2.76 bits per heavy atom. The lowest BCUT2D eigenvalue weighted by Gasteiger charge is -2.18. The first-order valence-corrected chi connectivity index (χ1v) is 9.89. The summed E-state index contributed by atoms with van der Waals surface area (Å²) in [6, 6.07) is 13.7. The number of benzene rings is 2. The molecule has 3 rings (SSSR count). The molecule has 0 amide bonds. The van der Waals surface area contributed by atoms with Crippen molar-refractivity contribution in [1.29, 1.82) is 0 Å². The first-order chi connectivity index (χ1) is 14.0. The maximum Gasteiger partial charge on any atom is 0.192 e. The number of imidazole rings is 1. The van der Waals surface area contributed by atoms with Gasteiger partial charge in [0.15, 0.2) is 5.96 Å². The van der Waals surface area contributed by atoms with Crippen molar-refractivity contribution in [1.82, 2.24) is 20.2 Å². The summed E-state index contributed by atoms with van der Waals surface area (Å²) in [6.07, 6.45) is 5.55. The van der Waals surface area contributed by atoms with Gasteiger partial charge < -0.3 is 15.2 Å². The van der Waals surface area contributed by atoms with Crippen LogP contribution in [0, 0.1) is 12.7 Å². The Kier molecular flexibility index (Phi) is 7.00. The van der Waals surface area contributed by atoms with Crippen molar-refractivity contribution in [3.63, 3.8) is 0 Å². The monoisotopic (exact) mass is 393 g/mol. The predicted octanol–water partition coefficient (Wildman–Crippen LogP) is 4.20. The van der Waals surface area contributed by atoms with Crippen LogP contribution in [-0.2, 0) is 13.1 Å². The zero-order valence-corrected chi connectivity index (χ0v) is 17.2. The fraction of sp³-hybridized carbons (Fsp3) is 0.304. The normalized spacial score (nSPS) is 12.6. The molecule has 5 nitrogen and oxygen atoms in total. The molecule has 0 fully saturated rings. The van der Waals surface area contributed by atoms with E-state index in [1.165, 1.54) is 5.56 Å². The highest BCUT2D eigenvalue weighted by Gasteiger charge is 2.10. The van der Waals surface area contributed by atoms with Crippen LogP contribution < -0.4 is 10.6 Å². The quantitative estimate of drug-likeness (QED) is 0.467. The molecule has 0 saturated heterocycles. The van der Waals surface area contributed by atoms with E-state index in [9.17, 15) is 4.39 Å². The van der Waals surface area contributed by atoms with Crippen molar-refractivity contribution in [2.75, 3.05) is 6.54 Å². The van der Waals surface area contributed by atoms with Gasteiger partial charge in [-0.15, -0.1) is 0 Å². The van der Waals surface area contributed by atoms with Gasteiger partial charge in [0.2, 0.25) is 0 Å². The van der Waals surface area contributed by atoms with E-state index in [2.05, 4.69) is 39.9 Å². The standard InChI is InChI=1S/C23H28FN5/c1-4-26-23(28-18(3)21-9-8-17(2)22(24)13-21)27-14-19-6-5-7-20(12-19)15-29-11-10-25-16-29/h5-13,16,18H,4,14-15H2,1-3H3,(H2,26,27,28). The zero-order valence-electron chi connectivity index (χ0n) is 17.2. The van der Waals surface area contributed by atoms with Gasteiger partial charge >= 0.3 is 0 Å². The lowest BCUT2D eigenvalue weighted by Crippen LogP contribution is -2.38. The first-order valence-electron chi connectivity index (χ1n) is 9.89. The average Bonchev–Trinajstić information content (AvgIpc) is 3.21. The van der Waals surface area contributed by atoms with E-state index in [0.717, 1.165) is 24.2 Å².